The molecule has 2 aromatic carbocycles. The van der Waals surface area contributed by atoms with Crippen molar-refractivity contribution in [2.24, 2.45) is 5.92 Å². The Hall–Kier alpha value is -3.74. The Morgan fingerprint density at radius 2 is 1.71 bits per heavy atom. The predicted octanol–water partition coefficient (Wildman–Crippen LogP) is 4.50. The number of nitrogens with one attached hydrogen (secondary N) is 1. The molecule has 7 nitrogen and oxygen atoms in total. The van der Waals surface area contributed by atoms with Crippen LogP contribution in [0.5, 0.6) is 0 Å². The first-order chi connectivity index (χ1) is 16.5. The molecule has 34 heavy (non-hydrogen) atoms. The molecular weight excluding hydrogens is 424 g/mol. The van der Waals surface area contributed by atoms with E-state index in [1.165, 1.54) is 5.56 Å². The van der Waals surface area contributed by atoms with Crippen LogP contribution in [0.25, 0.3) is 5.78 Å². The van der Waals surface area contributed by atoms with Gasteiger partial charge >= 0.3 is 0 Å². The molecule has 5 rings (SSSR count). The third kappa shape index (κ3) is 4.25. The molecule has 3 heterocycles. The summed E-state index contributed by atoms with van der Waals surface area (Å²) in [6.07, 6.45) is 3.91. The predicted molar refractivity (Wildman–Crippen MR) is 134 cm³/mol. The second kappa shape index (κ2) is 9.25. The molecule has 0 bridgehead atoms. The van der Waals surface area contributed by atoms with Gasteiger partial charge in [0.2, 0.25) is 5.91 Å². The van der Waals surface area contributed by atoms with Gasteiger partial charge in [-0.15, -0.1) is 0 Å². The third-order valence-electron chi connectivity index (χ3n) is 6.82. The van der Waals surface area contributed by atoms with E-state index in [9.17, 15) is 4.79 Å². The number of aromatic nitrogens is 4. The molecule has 4 aromatic rings. The van der Waals surface area contributed by atoms with E-state index in [2.05, 4.69) is 44.6 Å². The number of fused-ring (bicyclic) bond motifs is 1. The number of amides is 1. The summed E-state index contributed by atoms with van der Waals surface area (Å²) in [5, 5.41) is 7.68. The van der Waals surface area contributed by atoms with E-state index >= 15 is 0 Å². The standard InChI is InChI=1S/C27H30N6O/c1-18-8-7-9-19(2)24(18)31-25(34)22-12-14-32(15-13-22)26-23(16-21-10-5-4-6-11-21)20(3)30-27-28-17-29-33(26)27/h4-11,17,22H,12-16H2,1-3H3,(H,31,34). The quantitative estimate of drug-likeness (QED) is 0.481. The summed E-state index contributed by atoms with van der Waals surface area (Å²) in [5.74, 6) is 1.75. The molecule has 1 N–H and O–H groups in total. The molecule has 1 aliphatic heterocycles. The second-order valence-electron chi connectivity index (χ2n) is 9.15. The summed E-state index contributed by atoms with van der Waals surface area (Å²) in [5.41, 5.74) is 6.48. The molecule has 1 aliphatic rings. The maximum atomic E-state index is 13.1. The van der Waals surface area contributed by atoms with Gasteiger partial charge in [-0.3, -0.25) is 4.79 Å². The molecule has 0 unspecified atom stereocenters. The Bertz CT molecular complexity index is 1300. The van der Waals surface area contributed by atoms with Gasteiger partial charge in [0, 0.05) is 42.4 Å². The van der Waals surface area contributed by atoms with Crippen LogP contribution in [-0.2, 0) is 11.2 Å². The van der Waals surface area contributed by atoms with Crippen LogP contribution in [0.2, 0.25) is 0 Å². The summed E-state index contributed by atoms with van der Waals surface area (Å²) >= 11 is 0. The van der Waals surface area contributed by atoms with E-state index in [0.29, 0.717) is 5.78 Å². The molecule has 1 amide bonds. The first kappa shape index (κ1) is 22.1. The van der Waals surface area contributed by atoms with Crippen LogP contribution in [0.4, 0.5) is 11.5 Å². The van der Waals surface area contributed by atoms with Gasteiger partial charge in [-0.1, -0.05) is 48.5 Å². The highest BCUT2D eigenvalue weighted by molar-refractivity contribution is 5.94. The first-order valence-electron chi connectivity index (χ1n) is 11.9. The molecule has 174 valence electrons. The lowest BCUT2D eigenvalue weighted by atomic mass is 9.94. The van der Waals surface area contributed by atoms with Gasteiger partial charge in [-0.05, 0) is 50.3 Å². The van der Waals surface area contributed by atoms with Crippen LogP contribution < -0.4 is 10.2 Å². The highest BCUT2D eigenvalue weighted by Gasteiger charge is 2.29. The van der Waals surface area contributed by atoms with Crippen LogP contribution >= 0.6 is 0 Å². The Labute approximate surface area is 199 Å². The number of aryl methyl sites for hydroxylation is 3. The van der Waals surface area contributed by atoms with Crippen LogP contribution in [0.3, 0.4) is 0 Å². The Morgan fingerprint density at radius 1 is 1.00 bits per heavy atom. The highest BCUT2D eigenvalue weighted by atomic mass is 16.1. The number of carbonyl (C=O) groups is 1. The number of anilines is 2. The van der Waals surface area contributed by atoms with Crippen molar-refractivity contribution in [3.8, 4) is 0 Å². The van der Waals surface area contributed by atoms with Crippen molar-refractivity contribution in [1.29, 1.82) is 0 Å². The van der Waals surface area contributed by atoms with Crippen molar-refractivity contribution in [2.45, 2.75) is 40.0 Å². The smallest absolute Gasteiger partial charge is 0.254 e. The summed E-state index contributed by atoms with van der Waals surface area (Å²) in [6.45, 7) is 7.68. The van der Waals surface area contributed by atoms with E-state index < -0.39 is 0 Å². The van der Waals surface area contributed by atoms with Gasteiger partial charge in [0.15, 0.2) is 0 Å². The number of hydrogen-bond donors (Lipinski definition) is 1. The van der Waals surface area contributed by atoms with Crippen molar-refractivity contribution in [3.63, 3.8) is 0 Å². The van der Waals surface area contributed by atoms with E-state index in [-0.39, 0.29) is 11.8 Å². The molecular formula is C27H30N6O. The SMILES string of the molecule is Cc1cccc(C)c1NC(=O)C1CCN(c2c(Cc3ccccc3)c(C)nc3ncnn23)CC1. The van der Waals surface area contributed by atoms with Crippen molar-refractivity contribution in [2.75, 3.05) is 23.3 Å². The minimum absolute atomic E-state index is 0.0120. The average Bonchev–Trinajstić information content (AvgIpc) is 3.30. The molecule has 0 aliphatic carbocycles. The fraction of sp³-hybridized carbons (Fsp3) is 0.333. The third-order valence-corrected chi connectivity index (χ3v) is 6.82. The van der Waals surface area contributed by atoms with E-state index in [1.807, 2.05) is 49.6 Å². The van der Waals surface area contributed by atoms with E-state index in [1.54, 1.807) is 6.33 Å². The minimum atomic E-state index is -0.0120. The zero-order chi connectivity index (χ0) is 23.7. The normalized spacial score (nSPS) is 14.5. The lowest BCUT2D eigenvalue weighted by Crippen LogP contribution is -2.40. The lowest BCUT2D eigenvalue weighted by Gasteiger charge is -2.34. The number of nitrogens with zero attached hydrogens (tertiary/aromatic N) is 5. The van der Waals surface area contributed by atoms with Crippen molar-refractivity contribution in [1.82, 2.24) is 19.6 Å². The molecule has 2 aromatic heterocycles. The fourth-order valence-corrected chi connectivity index (χ4v) is 4.89. The molecule has 7 heteroatoms. The number of para-hydroxylation sites is 1. The summed E-state index contributed by atoms with van der Waals surface area (Å²) in [6, 6.07) is 16.5. The second-order valence-corrected chi connectivity index (χ2v) is 9.15. The Balaban J connectivity index is 1.38. The van der Waals surface area contributed by atoms with Crippen molar-refractivity contribution < 1.29 is 4.79 Å². The zero-order valence-electron chi connectivity index (χ0n) is 20.0. The van der Waals surface area contributed by atoms with Gasteiger partial charge in [0.05, 0.1) is 0 Å². The number of rotatable bonds is 5. The maximum absolute atomic E-state index is 13.1. The average molecular weight is 455 g/mol. The van der Waals surface area contributed by atoms with Gasteiger partial charge in [-0.2, -0.15) is 14.6 Å². The molecule has 0 atom stereocenters. The highest BCUT2D eigenvalue weighted by Crippen LogP contribution is 2.31. The van der Waals surface area contributed by atoms with Gasteiger partial charge < -0.3 is 10.2 Å². The lowest BCUT2D eigenvalue weighted by molar-refractivity contribution is -0.120. The Kier molecular flexibility index (Phi) is 6.01. The van der Waals surface area contributed by atoms with Gasteiger partial charge in [0.25, 0.3) is 5.78 Å². The summed E-state index contributed by atoms with van der Waals surface area (Å²) in [4.78, 5) is 24.5. The van der Waals surface area contributed by atoms with Crippen LogP contribution in [-0.4, -0.2) is 38.6 Å². The summed E-state index contributed by atoms with van der Waals surface area (Å²) in [7, 11) is 0. The molecule has 0 radical (unpaired) electrons. The Morgan fingerprint density at radius 3 is 2.41 bits per heavy atom. The number of carbonyl (C=O) groups excluding carboxylic acids is 1. The van der Waals surface area contributed by atoms with Crippen LogP contribution in [0.1, 0.15) is 40.8 Å². The van der Waals surface area contributed by atoms with Gasteiger partial charge in [-0.25, -0.2) is 4.98 Å². The zero-order valence-corrected chi connectivity index (χ0v) is 20.0. The van der Waals surface area contributed by atoms with Gasteiger partial charge in [0.1, 0.15) is 12.1 Å². The first-order valence-corrected chi connectivity index (χ1v) is 11.9. The van der Waals surface area contributed by atoms with E-state index in [0.717, 1.165) is 66.2 Å². The van der Waals surface area contributed by atoms with Crippen LogP contribution in [0.15, 0.2) is 54.9 Å². The maximum Gasteiger partial charge on any atom is 0.254 e. The van der Waals surface area contributed by atoms with Crippen molar-refractivity contribution >= 4 is 23.2 Å². The fourth-order valence-electron chi connectivity index (χ4n) is 4.89. The summed E-state index contributed by atoms with van der Waals surface area (Å²) < 4.78 is 1.85. The van der Waals surface area contributed by atoms with Crippen molar-refractivity contribution in [3.05, 3.63) is 82.8 Å². The molecule has 0 spiro atoms. The topological polar surface area (TPSA) is 75.4 Å². The van der Waals surface area contributed by atoms with Crippen LogP contribution in [0, 0.1) is 26.7 Å². The minimum Gasteiger partial charge on any atom is -0.356 e. The molecule has 1 fully saturated rings. The number of piperidine rings is 1. The number of hydrogen-bond acceptors (Lipinski definition) is 5. The van der Waals surface area contributed by atoms with E-state index in [4.69, 9.17) is 4.98 Å². The molecule has 0 saturated carbocycles. The monoisotopic (exact) mass is 454 g/mol. The largest absolute Gasteiger partial charge is 0.356 e. The number of benzene rings is 2. The molecule has 1 saturated heterocycles.